The van der Waals surface area contributed by atoms with Gasteiger partial charge < -0.3 is 19.9 Å². The Morgan fingerprint density at radius 3 is 2.83 bits per heavy atom. The van der Waals surface area contributed by atoms with E-state index in [1.165, 1.54) is 24.4 Å². The number of sulfonamides is 1. The lowest BCUT2D eigenvalue weighted by Crippen LogP contribution is -2.26. The zero-order chi connectivity index (χ0) is 24.8. The van der Waals surface area contributed by atoms with Gasteiger partial charge in [0.15, 0.2) is 0 Å². The van der Waals surface area contributed by atoms with Crippen molar-refractivity contribution in [2.24, 2.45) is 0 Å². The predicted octanol–water partition coefficient (Wildman–Crippen LogP) is 2.61. The molecule has 0 unspecified atom stereocenters. The molecule has 2 aromatic carbocycles. The summed E-state index contributed by atoms with van der Waals surface area (Å²) in [6.45, 7) is 1.04. The number of pyridine rings is 1. The molecule has 0 bridgehead atoms. The topological polar surface area (TPSA) is 138 Å². The van der Waals surface area contributed by atoms with Gasteiger partial charge in [0.1, 0.15) is 17.3 Å². The molecule has 0 aliphatic heterocycles. The predicted molar refractivity (Wildman–Crippen MR) is 127 cm³/mol. The number of hydrogen-bond donors (Lipinski definition) is 4. The van der Waals surface area contributed by atoms with Gasteiger partial charge >= 0.3 is 0 Å². The Morgan fingerprint density at radius 1 is 1.17 bits per heavy atom. The monoisotopic (exact) mass is 501 g/mol. The molecule has 0 amide bonds. The second-order valence-corrected chi connectivity index (χ2v) is 9.18. The van der Waals surface area contributed by atoms with Crippen LogP contribution >= 0.6 is 0 Å². The van der Waals surface area contributed by atoms with Gasteiger partial charge in [-0.1, -0.05) is 12.1 Å². The van der Waals surface area contributed by atoms with Crippen LogP contribution in [0.25, 0.3) is 10.9 Å². The Labute approximate surface area is 201 Å². The Morgan fingerprint density at radius 2 is 2.03 bits per heavy atom. The summed E-state index contributed by atoms with van der Waals surface area (Å²) in [6, 6.07) is 14.2. The number of hydrogen-bond acceptors (Lipinski definition) is 8. The maximum atomic E-state index is 13.8. The lowest BCUT2D eigenvalue weighted by molar-refractivity contribution is 0.172. The third kappa shape index (κ3) is 5.85. The molecule has 0 radical (unpaired) electrons. The molecule has 1 atom stereocenters. The number of methoxy groups -OCH3 is 1. The Hall–Kier alpha value is -3.74. The highest BCUT2D eigenvalue weighted by atomic mass is 32.2. The van der Waals surface area contributed by atoms with Gasteiger partial charge in [-0.25, -0.2) is 13.4 Å². The summed E-state index contributed by atoms with van der Waals surface area (Å²) in [5, 5.41) is 21.4. The number of fused-ring (bicyclic) bond motifs is 1. The minimum absolute atomic E-state index is 0.193. The molecular weight excluding hydrogens is 477 g/mol. The lowest BCUT2D eigenvalue weighted by Gasteiger charge is -2.15. The first-order valence-corrected chi connectivity index (χ1v) is 12.1. The van der Waals surface area contributed by atoms with Crippen LogP contribution in [0.3, 0.4) is 0 Å². The number of ether oxygens (including phenoxy) is 2. The maximum absolute atomic E-state index is 13.8. The number of nitrogens with one attached hydrogen (secondary N) is 3. The minimum atomic E-state index is -4.17. The van der Waals surface area contributed by atoms with Crippen molar-refractivity contribution in [3.63, 3.8) is 0 Å². The fraction of sp³-hybridized carbons (Fsp3) is 0.217. The smallest absolute Gasteiger partial charge is 0.266 e. The summed E-state index contributed by atoms with van der Waals surface area (Å²) in [7, 11) is -2.61. The minimum Gasteiger partial charge on any atom is -0.492 e. The van der Waals surface area contributed by atoms with Gasteiger partial charge in [0.2, 0.25) is 11.8 Å². The summed E-state index contributed by atoms with van der Waals surface area (Å²) in [6.07, 6.45) is 0.266. The van der Waals surface area contributed by atoms with E-state index in [1.807, 2.05) is 18.2 Å². The molecule has 0 saturated heterocycles. The fourth-order valence-corrected chi connectivity index (χ4v) is 4.49. The van der Waals surface area contributed by atoms with Crippen LogP contribution in [0.2, 0.25) is 0 Å². The first-order valence-electron chi connectivity index (χ1n) is 10.6. The van der Waals surface area contributed by atoms with Crippen molar-refractivity contribution in [1.82, 2.24) is 20.5 Å². The first-order chi connectivity index (χ1) is 16.9. The van der Waals surface area contributed by atoms with Crippen molar-refractivity contribution in [3.05, 3.63) is 72.3 Å². The quantitative estimate of drug-likeness (QED) is 0.182. The van der Waals surface area contributed by atoms with Gasteiger partial charge in [0.25, 0.3) is 10.0 Å². The summed E-state index contributed by atoms with van der Waals surface area (Å²) in [5.74, 6) is 0.0892. The molecule has 2 aromatic heterocycles. The van der Waals surface area contributed by atoms with Crippen molar-refractivity contribution >= 4 is 26.6 Å². The number of nitrogens with zero attached hydrogens (tertiary/aromatic N) is 2. The number of aromatic amines is 1. The van der Waals surface area contributed by atoms with E-state index in [0.717, 1.165) is 17.0 Å². The summed E-state index contributed by atoms with van der Waals surface area (Å²) in [5.41, 5.74) is 1.48. The zero-order valence-electron chi connectivity index (χ0n) is 18.7. The van der Waals surface area contributed by atoms with Crippen LogP contribution in [-0.4, -0.2) is 55.5 Å². The average Bonchev–Trinajstić information content (AvgIpc) is 3.26. The van der Waals surface area contributed by atoms with E-state index in [-0.39, 0.29) is 12.2 Å². The number of halogens is 1. The molecule has 12 heteroatoms. The molecule has 0 aliphatic rings. The van der Waals surface area contributed by atoms with Crippen molar-refractivity contribution in [1.29, 1.82) is 0 Å². The highest BCUT2D eigenvalue weighted by Gasteiger charge is 2.20. The molecule has 35 heavy (non-hydrogen) atoms. The lowest BCUT2D eigenvalue weighted by atomic mass is 10.1. The average molecular weight is 502 g/mol. The summed E-state index contributed by atoms with van der Waals surface area (Å²) in [4.78, 5) is 2.81. The number of rotatable bonds is 11. The molecule has 184 valence electrons. The second-order valence-electron chi connectivity index (χ2n) is 7.53. The van der Waals surface area contributed by atoms with Crippen molar-refractivity contribution in [2.75, 3.05) is 31.5 Å². The molecule has 0 aliphatic carbocycles. The fourth-order valence-electron chi connectivity index (χ4n) is 3.41. The molecule has 2 heterocycles. The number of aliphatic hydroxyl groups is 1. The largest absolute Gasteiger partial charge is 0.492 e. The van der Waals surface area contributed by atoms with Gasteiger partial charge in [0.05, 0.1) is 24.1 Å². The van der Waals surface area contributed by atoms with E-state index in [2.05, 4.69) is 25.2 Å². The number of benzene rings is 2. The molecular formula is C23H24FN5O5S. The first kappa shape index (κ1) is 24.4. The van der Waals surface area contributed by atoms with Crippen LogP contribution in [0.4, 0.5) is 10.1 Å². The van der Waals surface area contributed by atoms with Gasteiger partial charge in [-0.3, -0.25) is 9.82 Å². The number of anilines is 1. The highest BCUT2D eigenvalue weighted by Crippen LogP contribution is 2.26. The van der Waals surface area contributed by atoms with E-state index in [0.29, 0.717) is 30.3 Å². The molecule has 10 nitrogen and oxygen atoms in total. The Kier molecular flexibility index (Phi) is 7.44. The number of H-pyrrole nitrogens is 1. The molecule has 4 N–H and O–H groups in total. The molecule has 4 aromatic rings. The van der Waals surface area contributed by atoms with E-state index in [1.54, 1.807) is 19.2 Å². The third-order valence-corrected chi connectivity index (χ3v) is 6.50. The summed E-state index contributed by atoms with van der Waals surface area (Å²) < 4.78 is 51.9. The van der Waals surface area contributed by atoms with Gasteiger partial charge in [0, 0.05) is 31.0 Å². The van der Waals surface area contributed by atoms with E-state index >= 15 is 0 Å². The van der Waals surface area contributed by atoms with E-state index < -0.39 is 27.0 Å². The van der Waals surface area contributed by atoms with Crippen LogP contribution in [0, 0.1) is 5.95 Å². The van der Waals surface area contributed by atoms with Crippen LogP contribution < -0.4 is 19.5 Å². The Bertz CT molecular complexity index is 1410. The van der Waals surface area contributed by atoms with Crippen LogP contribution in [-0.2, 0) is 10.0 Å². The number of aliphatic hydroxyl groups excluding tert-OH is 1. The Balaban J connectivity index is 1.27. The maximum Gasteiger partial charge on any atom is 0.266 e. The van der Waals surface area contributed by atoms with E-state index in [4.69, 9.17) is 9.47 Å². The number of aromatic nitrogens is 3. The zero-order valence-corrected chi connectivity index (χ0v) is 19.5. The van der Waals surface area contributed by atoms with Crippen LogP contribution in [0.5, 0.6) is 11.6 Å². The molecule has 0 saturated carbocycles. The standard InChI is InChI=1S/C23H24FN5O5S/c1-33-23-18-8-7-17(13-19(18)27-28-23)34-11-10-25-14-20(30)15-4-2-5-16(12-15)29-35(31,32)21-6-3-9-26-22(21)24/h2-9,12-13,20,25,29-30H,10-11,14H2,1H3,(H,27,28)/t20-/m0/s1. The summed E-state index contributed by atoms with van der Waals surface area (Å²) >= 11 is 0. The molecule has 0 spiro atoms. The van der Waals surface area contributed by atoms with Gasteiger partial charge in [-0.05, 0) is 42.0 Å². The SMILES string of the molecule is COc1n[nH]c2cc(OCCNC[C@H](O)c3cccc(NS(=O)(=O)c4cccnc4F)c3)ccc12. The van der Waals surface area contributed by atoms with Crippen molar-refractivity contribution in [2.45, 2.75) is 11.0 Å². The van der Waals surface area contributed by atoms with Gasteiger partial charge in [-0.2, -0.15) is 4.39 Å². The third-order valence-electron chi connectivity index (χ3n) is 5.12. The van der Waals surface area contributed by atoms with Crippen molar-refractivity contribution in [3.8, 4) is 11.6 Å². The molecule has 0 fully saturated rings. The van der Waals surface area contributed by atoms with Crippen molar-refractivity contribution < 1.29 is 27.4 Å². The normalized spacial score (nSPS) is 12.4. The van der Waals surface area contributed by atoms with Gasteiger partial charge in [-0.15, -0.1) is 5.10 Å². The highest BCUT2D eigenvalue weighted by molar-refractivity contribution is 7.92. The molecule has 4 rings (SSSR count). The van der Waals surface area contributed by atoms with Crippen LogP contribution in [0.1, 0.15) is 11.7 Å². The van der Waals surface area contributed by atoms with Crippen LogP contribution in [0.15, 0.2) is 65.7 Å². The van der Waals surface area contributed by atoms with E-state index in [9.17, 15) is 17.9 Å². The second kappa shape index (κ2) is 10.7.